The van der Waals surface area contributed by atoms with E-state index in [1.54, 1.807) is 29.2 Å². The van der Waals surface area contributed by atoms with Crippen molar-refractivity contribution in [1.29, 1.82) is 0 Å². The molecule has 0 unspecified atom stereocenters. The summed E-state index contributed by atoms with van der Waals surface area (Å²) >= 11 is 2.14. The minimum absolute atomic E-state index is 0.0794. The maximum Gasteiger partial charge on any atom is 0.277 e. The quantitative estimate of drug-likeness (QED) is 0.269. The van der Waals surface area contributed by atoms with Crippen LogP contribution in [0.15, 0.2) is 47.6 Å². The van der Waals surface area contributed by atoms with Crippen LogP contribution in [0, 0.1) is 3.57 Å². The Hall–Kier alpha value is -2.86. The maximum atomic E-state index is 12.3. The molecule has 1 heterocycles. The van der Waals surface area contributed by atoms with E-state index in [0.717, 1.165) is 3.57 Å². The van der Waals surface area contributed by atoms with E-state index in [0.29, 0.717) is 55.7 Å². The first-order chi connectivity index (χ1) is 16.1. The molecule has 0 aromatic heterocycles. The number of benzene rings is 2. The molecule has 3 rings (SSSR count). The molecule has 1 N–H and O–H groups in total. The van der Waals surface area contributed by atoms with Crippen LogP contribution in [-0.4, -0.2) is 69.1 Å². The van der Waals surface area contributed by atoms with Crippen LogP contribution in [0.4, 0.5) is 0 Å². The molecule has 0 aliphatic carbocycles. The lowest BCUT2D eigenvalue weighted by atomic mass is 10.2. The lowest BCUT2D eigenvalue weighted by Gasteiger charge is -2.26. The number of carbonyl (C=O) groups excluding carboxylic acids is 2. The average Bonchev–Trinajstić information content (AvgIpc) is 2.83. The van der Waals surface area contributed by atoms with Gasteiger partial charge in [0.15, 0.2) is 24.7 Å². The summed E-state index contributed by atoms with van der Waals surface area (Å²) in [6, 6.07) is 12.6. The molecule has 0 atom stereocenters. The van der Waals surface area contributed by atoms with E-state index < -0.39 is 0 Å². The zero-order valence-electron chi connectivity index (χ0n) is 18.3. The topological polar surface area (TPSA) is 98.7 Å². The third kappa shape index (κ3) is 7.90. The summed E-state index contributed by atoms with van der Waals surface area (Å²) in [6.07, 6.45) is 1.50. The molecule has 9 nitrogen and oxygen atoms in total. The molecular formula is C23H26IN3O6. The van der Waals surface area contributed by atoms with Gasteiger partial charge in [-0.2, -0.15) is 5.10 Å². The van der Waals surface area contributed by atoms with Crippen LogP contribution in [-0.2, 0) is 14.3 Å². The van der Waals surface area contributed by atoms with Crippen LogP contribution in [0.3, 0.4) is 0 Å². The molecule has 33 heavy (non-hydrogen) atoms. The summed E-state index contributed by atoms with van der Waals surface area (Å²) in [7, 11) is 0. The van der Waals surface area contributed by atoms with Gasteiger partial charge in [0.2, 0.25) is 0 Å². The summed E-state index contributed by atoms with van der Waals surface area (Å²) in [5.74, 6) is 1.12. The maximum absolute atomic E-state index is 12.3. The van der Waals surface area contributed by atoms with Crippen molar-refractivity contribution in [3.8, 4) is 17.2 Å². The van der Waals surface area contributed by atoms with Crippen LogP contribution in [0.5, 0.6) is 17.2 Å². The highest BCUT2D eigenvalue weighted by atomic mass is 127. The number of morpholine rings is 1. The summed E-state index contributed by atoms with van der Waals surface area (Å²) in [4.78, 5) is 26.0. The lowest BCUT2D eigenvalue weighted by molar-refractivity contribution is -0.137. The van der Waals surface area contributed by atoms with E-state index in [2.05, 4.69) is 33.1 Å². The van der Waals surface area contributed by atoms with Gasteiger partial charge in [0, 0.05) is 13.1 Å². The highest BCUT2D eigenvalue weighted by molar-refractivity contribution is 14.1. The number of hydrogen-bond donors (Lipinski definition) is 1. The molecule has 0 bridgehead atoms. The summed E-state index contributed by atoms with van der Waals surface area (Å²) in [6.45, 7) is 4.28. The number of hydrazone groups is 1. The van der Waals surface area contributed by atoms with Crippen molar-refractivity contribution in [3.05, 3.63) is 51.6 Å². The highest BCUT2D eigenvalue weighted by Crippen LogP contribution is 2.28. The van der Waals surface area contributed by atoms with E-state index in [-0.39, 0.29) is 25.0 Å². The Labute approximate surface area is 206 Å². The number of rotatable bonds is 10. The van der Waals surface area contributed by atoms with E-state index in [1.165, 1.54) is 6.21 Å². The van der Waals surface area contributed by atoms with Gasteiger partial charge in [0.05, 0.1) is 29.6 Å². The monoisotopic (exact) mass is 567 g/mol. The van der Waals surface area contributed by atoms with Gasteiger partial charge in [0.1, 0.15) is 5.75 Å². The first kappa shape index (κ1) is 24.8. The normalized spacial score (nSPS) is 13.6. The molecule has 2 aromatic carbocycles. The number of para-hydroxylation sites is 1. The van der Waals surface area contributed by atoms with E-state index >= 15 is 0 Å². The molecule has 0 saturated carbocycles. The molecule has 2 amide bonds. The molecule has 1 saturated heterocycles. The van der Waals surface area contributed by atoms with Gasteiger partial charge in [-0.15, -0.1) is 0 Å². The first-order valence-electron chi connectivity index (χ1n) is 10.5. The number of nitrogens with one attached hydrogen (secondary N) is 1. The molecule has 176 valence electrons. The second kappa shape index (κ2) is 13.0. The van der Waals surface area contributed by atoms with Gasteiger partial charge in [-0.1, -0.05) is 12.1 Å². The SMILES string of the molecule is CCOc1cc(/C=N/NC(=O)COc2ccccc2I)ccc1OCC(=O)N1CCOCC1. The zero-order valence-corrected chi connectivity index (χ0v) is 20.4. The number of ether oxygens (including phenoxy) is 4. The average molecular weight is 567 g/mol. The number of amides is 2. The first-order valence-corrected chi connectivity index (χ1v) is 11.6. The number of carbonyl (C=O) groups is 2. The largest absolute Gasteiger partial charge is 0.490 e. The zero-order chi connectivity index (χ0) is 23.5. The molecule has 0 radical (unpaired) electrons. The van der Waals surface area contributed by atoms with E-state index in [9.17, 15) is 9.59 Å². The van der Waals surface area contributed by atoms with Gasteiger partial charge in [-0.05, 0) is 65.4 Å². The van der Waals surface area contributed by atoms with Gasteiger partial charge < -0.3 is 23.8 Å². The highest BCUT2D eigenvalue weighted by Gasteiger charge is 2.18. The standard InChI is InChI=1S/C23H26IN3O6/c1-2-31-21-13-17(7-8-20(21)33-16-23(29)27-9-11-30-12-10-27)14-25-26-22(28)15-32-19-6-4-3-5-18(19)24/h3-8,13-14H,2,9-12,15-16H2,1H3,(H,26,28)/b25-14+. The van der Waals surface area contributed by atoms with Gasteiger partial charge in [-0.3, -0.25) is 9.59 Å². The minimum atomic E-state index is -0.377. The molecule has 1 aliphatic heterocycles. The van der Waals surface area contributed by atoms with Crippen LogP contribution >= 0.6 is 22.6 Å². The van der Waals surface area contributed by atoms with Gasteiger partial charge in [0.25, 0.3) is 11.8 Å². The fourth-order valence-corrected chi connectivity index (χ4v) is 3.50. The van der Waals surface area contributed by atoms with Crippen molar-refractivity contribution >= 4 is 40.6 Å². The molecule has 0 spiro atoms. The predicted octanol–water partition coefficient (Wildman–Crippen LogP) is 2.46. The van der Waals surface area contributed by atoms with Crippen molar-refractivity contribution in [2.75, 3.05) is 46.1 Å². The van der Waals surface area contributed by atoms with Crippen LogP contribution < -0.4 is 19.6 Å². The fraction of sp³-hybridized carbons (Fsp3) is 0.348. The molecule has 2 aromatic rings. The molecule has 1 fully saturated rings. The third-order valence-corrected chi connectivity index (χ3v) is 5.47. The molecule has 10 heteroatoms. The minimum Gasteiger partial charge on any atom is -0.490 e. The van der Waals surface area contributed by atoms with Gasteiger partial charge in [-0.25, -0.2) is 5.43 Å². The number of halogens is 1. The predicted molar refractivity (Wildman–Crippen MR) is 131 cm³/mol. The Balaban J connectivity index is 1.52. The number of hydrogen-bond acceptors (Lipinski definition) is 7. The Bertz CT molecular complexity index is 978. The van der Waals surface area contributed by atoms with E-state index in [1.807, 2.05) is 25.1 Å². The molecular weight excluding hydrogens is 541 g/mol. The fourth-order valence-electron chi connectivity index (χ4n) is 2.95. The van der Waals surface area contributed by atoms with Crippen molar-refractivity contribution < 1.29 is 28.5 Å². The Kier molecular flexibility index (Phi) is 9.76. The molecule has 1 aliphatic rings. The van der Waals surface area contributed by atoms with Crippen molar-refractivity contribution in [2.24, 2.45) is 5.10 Å². The lowest BCUT2D eigenvalue weighted by Crippen LogP contribution is -2.43. The van der Waals surface area contributed by atoms with E-state index in [4.69, 9.17) is 18.9 Å². The Morgan fingerprint density at radius 1 is 1.06 bits per heavy atom. The van der Waals surface area contributed by atoms with Crippen LogP contribution in [0.25, 0.3) is 0 Å². The summed E-state index contributed by atoms with van der Waals surface area (Å²) < 4.78 is 23.0. The van der Waals surface area contributed by atoms with Crippen LogP contribution in [0.2, 0.25) is 0 Å². The second-order valence-corrected chi connectivity index (χ2v) is 8.10. The van der Waals surface area contributed by atoms with Crippen molar-refractivity contribution in [1.82, 2.24) is 10.3 Å². The second-order valence-electron chi connectivity index (χ2n) is 6.93. The number of nitrogens with zero attached hydrogens (tertiary/aromatic N) is 2. The van der Waals surface area contributed by atoms with Crippen molar-refractivity contribution in [3.63, 3.8) is 0 Å². The van der Waals surface area contributed by atoms with Crippen molar-refractivity contribution in [2.45, 2.75) is 6.92 Å². The smallest absolute Gasteiger partial charge is 0.277 e. The third-order valence-electron chi connectivity index (χ3n) is 4.58. The van der Waals surface area contributed by atoms with Crippen LogP contribution in [0.1, 0.15) is 12.5 Å². The van der Waals surface area contributed by atoms with Gasteiger partial charge >= 0.3 is 0 Å². The Morgan fingerprint density at radius 2 is 1.82 bits per heavy atom. The Morgan fingerprint density at radius 3 is 2.58 bits per heavy atom. The summed E-state index contributed by atoms with van der Waals surface area (Å²) in [5, 5.41) is 3.97. The summed E-state index contributed by atoms with van der Waals surface area (Å²) in [5.41, 5.74) is 3.13.